The van der Waals surface area contributed by atoms with Crippen molar-refractivity contribution in [2.24, 2.45) is 5.92 Å². The third kappa shape index (κ3) is 5.04. The number of hydrogen-bond acceptors (Lipinski definition) is 5. The summed E-state index contributed by atoms with van der Waals surface area (Å²) >= 11 is 0. The van der Waals surface area contributed by atoms with Crippen LogP contribution >= 0.6 is 0 Å². The molecule has 1 saturated heterocycles. The van der Waals surface area contributed by atoms with Crippen LogP contribution < -0.4 is 15.0 Å². The summed E-state index contributed by atoms with van der Waals surface area (Å²) in [6, 6.07) is 12.2. The monoisotopic (exact) mass is 471 g/mol. The number of piperidine rings is 1. The van der Waals surface area contributed by atoms with Gasteiger partial charge in [-0.2, -0.15) is 4.31 Å². The second kappa shape index (κ2) is 9.52. The molecule has 9 heteroatoms. The fourth-order valence-corrected chi connectivity index (χ4v) is 6.06. The van der Waals surface area contributed by atoms with E-state index >= 15 is 0 Å². The summed E-state index contributed by atoms with van der Waals surface area (Å²) in [5.74, 6) is 0.679. The highest BCUT2D eigenvalue weighted by Gasteiger charge is 2.32. The number of carbonyl (C=O) groups is 2. The number of carbonyl (C=O) groups excluding carboxylic acids is 2. The molecule has 2 amide bonds. The molecule has 176 valence electrons. The predicted molar refractivity (Wildman–Crippen MR) is 126 cm³/mol. The molecule has 2 aromatic carbocycles. The van der Waals surface area contributed by atoms with E-state index in [1.807, 2.05) is 18.2 Å². The second-order valence-corrected chi connectivity index (χ2v) is 10.5. The average molecular weight is 472 g/mol. The highest BCUT2D eigenvalue weighted by Crippen LogP contribution is 2.32. The Bertz CT molecular complexity index is 1160. The Balaban J connectivity index is 1.34. The minimum atomic E-state index is -3.61. The maximum atomic E-state index is 13.2. The van der Waals surface area contributed by atoms with Crippen LogP contribution in [0.4, 0.5) is 11.4 Å². The summed E-state index contributed by atoms with van der Waals surface area (Å²) < 4.78 is 33.1. The van der Waals surface area contributed by atoms with E-state index in [0.29, 0.717) is 56.8 Å². The Kier molecular flexibility index (Phi) is 6.71. The van der Waals surface area contributed by atoms with Gasteiger partial charge in [0, 0.05) is 50.4 Å². The Labute approximate surface area is 194 Å². The third-order valence-electron chi connectivity index (χ3n) is 6.37. The number of fused-ring (bicyclic) bond motifs is 1. The number of anilines is 2. The highest BCUT2D eigenvalue weighted by atomic mass is 32.2. The standard InChI is InChI=1S/C24H29N3O5S/c1-17(28)27-13-10-19-15-22(6-7-23(19)27)33(30,31)26-11-8-18(9-12-26)14-24(29)25-20-4-3-5-21(16-20)32-2/h3-7,15-16,18H,8-14H2,1-2H3,(H,25,29). The number of benzene rings is 2. The quantitative estimate of drug-likeness (QED) is 0.699. The lowest BCUT2D eigenvalue weighted by Gasteiger charge is -2.31. The van der Waals surface area contributed by atoms with Gasteiger partial charge < -0.3 is 15.0 Å². The van der Waals surface area contributed by atoms with Gasteiger partial charge in [-0.05, 0) is 61.1 Å². The lowest BCUT2D eigenvalue weighted by atomic mass is 9.94. The van der Waals surface area contributed by atoms with Crippen LogP contribution in [0.5, 0.6) is 5.75 Å². The zero-order chi connectivity index (χ0) is 23.6. The summed E-state index contributed by atoms with van der Waals surface area (Å²) in [5, 5.41) is 2.89. The molecular formula is C24H29N3O5S. The van der Waals surface area contributed by atoms with Crippen molar-refractivity contribution in [2.75, 3.05) is 37.0 Å². The molecular weight excluding hydrogens is 442 g/mol. The zero-order valence-electron chi connectivity index (χ0n) is 18.9. The number of hydrogen-bond donors (Lipinski definition) is 1. The highest BCUT2D eigenvalue weighted by molar-refractivity contribution is 7.89. The fourth-order valence-electron chi connectivity index (χ4n) is 4.54. The van der Waals surface area contributed by atoms with Gasteiger partial charge in [-0.25, -0.2) is 8.42 Å². The van der Waals surface area contributed by atoms with E-state index in [-0.39, 0.29) is 22.6 Å². The minimum Gasteiger partial charge on any atom is -0.497 e. The second-order valence-electron chi connectivity index (χ2n) is 8.54. The first kappa shape index (κ1) is 23.3. The van der Waals surface area contributed by atoms with Crippen molar-refractivity contribution in [3.63, 3.8) is 0 Å². The van der Waals surface area contributed by atoms with Gasteiger partial charge in [0.1, 0.15) is 5.75 Å². The Hall–Kier alpha value is -2.91. The van der Waals surface area contributed by atoms with Crippen molar-refractivity contribution in [2.45, 2.75) is 37.5 Å². The molecule has 8 nitrogen and oxygen atoms in total. The predicted octanol–water partition coefficient (Wildman–Crippen LogP) is 3.03. The van der Waals surface area contributed by atoms with Crippen LogP contribution in [0.1, 0.15) is 31.7 Å². The molecule has 2 heterocycles. The molecule has 0 atom stereocenters. The van der Waals surface area contributed by atoms with Crippen LogP contribution in [0.3, 0.4) is 0 Å². The number of sulfonamides is 1. The van der Waals surface area contributed by atoms with Crippen molar-refractivity contribution < 1.29 is 22.7 Å². The van der Waals surface area contributed by atoms with E-state index in [2.05, 4.69) is 5.32 Å². The number of rotatable bonds is 6. The van der Waals surface area contributed by atoms with E-state index in [9.17, 15) is 18.0 Å². The van der Waals surface area contributed by atoms with Crippen LogP contribution in [0.15, 0.2) is 47.4 Å². The molecule has 0 radical (unpaired) electrons. The van der Waals surface area contributed by atoms with E-state index in [1.54, 1.807) is 36.3 Å². The maximum absolute atomic E-state index is 13.2. The molecule has 0 bridgehead atoms. The molecule has 2 aromatic rings. The first-order valence-electron chi connectivity index (χ1n) is 11.1. The lowest BCUT2D eigenvalue weighted by molar-refractivity contribution is -0.117. The number of nitrogens with zero attached hydrogens (tertiary/aromatic N) is 2. The molecule has 0 aliphatic carbocycles. The van der Waals surface area contributed by atoms with Crippen molar-refractivity contribution >= 4 is 33.2 Å². The molecule has 4 rings (SSSR count). The van der Waals surface area contributed by atoms with Gasteiger partial charge in [0.15, 0.2) is 0 Å². The maximum Gasteiger partial charge on any atom is 0.243 e. The Morgan fingerprint density at radius 3 is 2.55 bits per heavy atom. The zero-order valence-corrected chi connectivity index (χ0v) is 19.7. The number of methoxy groups -OCH3 is 1. The smallest absolute Gasteiger partial charge is 0.243 e. The minimum absolute atomic E-state index is 0.0399. The SMILES string of the molecule is COc1cccc(NC(=O)CC2CCN(S(=O)(=O)c3ccc4c(c3)CCN4C(C)=O)CC2)c1. The summed E-state index contributed by atoms with van der Waals surface area (Å²) in [6.07, 6.45) is 2.27. The molecule has 0 spiro atoms. The van der Waals surface area contributed by atoms with Crippen molar-refractivity contribution in [1.82, 2.24) is 4.31 Å². The number of amides is 2. The van der Waals surface area contributed by atoms with Crippen molar-refractivity contribution in [1.29, 1.82) is 0 Å². The lowest BCUT2D eigenvalue weighted by Crippen LogP contribution is -2.39. The number of ether oxygens (including phenoxy) is 1. The Morgan fingerprint density at radius 1 is 1.09 bits per heavy atom. The van der Waals surface area contributed by atoms with Gasteiger partial charge in [0.2, 0.25) is 21.8 Å². The number of nitrogens with one attached hydrogen (secondary N) is 1. The molecule has 33 heavy (non-hydrogen) atoms. The van der Waals surface area contributed by atoms with Gasteiger partial charge >= 0.3 is 0 Å². The topological polar surface area (TPSA) is 96.0 Å². The molecule has 2 aliphatic heterocycles. The summed E-state index contributed by atoms with van der Waals surface area (Å²) in [5.41, 5.74) is 2.36. The average Bonchev–Trinajstić information content (AvgIpc) is 3.23. The van der Waals surface area contributed by atoms with E-state index in [0.717, 1.165) is 11.3 Å². The Morgan fingerprint density at radius 2 is 1.85 bits per heavy atom. The van der Waals surface area contributed by atoms with E-state index < -0.39 is 10.0 Å². The van der Waals surface area contributed by atoms with Crippen LogP contribution in [-0.4, -0.2) is 51.3 Å². The fraction of sp³-hybridized carbons (Fsp3) is 0.417. The summed E-state index contributed by atoms with van der Waals surface area (Å²) in [4.78, 5) is 26.1. The largest absolute Gasteiger partial charge is 0.497 e. The van der Waals surface area contributed by atoms with Crippen LogP contribution in [0.25, 0.3) is 0 Å². The van der Waals surface area contributed by atoms with Gasteiger partial charge in [0.25, 0.3) is 0 Å². The molecule has 0 saturated carbocycles. The van der Waals surface area contributed by atoms with Crippen LogP contribution in [-0.2, 0) is 26.0 Å². The molecule has 1 fully saturated rings. The van der Waals surface area contributed by atoms with Crippen molar-refractivity contribution in [3.8, 4) is 5.75 Å². The van der Waals surface area contributed by atoms with E-state index in [1.165, 1.54) is 11.2 Å². The van der Waals surface area contributed by atoms with Gasteiger partial charge in [-0.15, -0.1) is 0 Å². The van der Waals surface area contributed by atoms with Crippen LogP contribution in [0, 0.1) is 5.92 Å². The van der Waals surface area contributed by atoms with Crippen LogP contribution in [0.2, 0.25) is 0 Å². The van der Waals surface area contributed by atoms with Gasteiger partial charge in [0.05, 0.1) is 12.0 Å². The third-order valence-corrected chi connectivity index (χ3v) is 8.26. The normalized spacial score (nSPS) is 17.0. The van der Waals surface area contributed by atoms with E-state index in [4.69, 9.17) is 4.74 Å². The summed E-state index contributed by atoms with van der Waals surface area (Å²) in [6.45, 7) is 2.87. The molecule has 0 aromatic heterocycles. The van der Waals surface area contributed by atoms with Gasteiger partial charge in [-0.3, -0.25) is 9.59 Å². The molecule has 1 N–H and O–H groups in total. The first-order valence-corrected chi connectivity index (χ1v) is 12.6. The summed E-state index contributed by atoms with van der Waals surface area (Å²) in [7, 11) is -2.04. The molecule has 2 aliphatic rings. The first-order chi connectivity index (χ1) is 15.8. The molecule has 0 unspecified atom stereocenters. The van der Waals surface area contributed by atoms with Crippen molar-refractivity contribution in [3.05, 3.63) is 48.0 Å². The van der Waals surface area contributed by atoms with Gasteiger partial charge in [-0.1, -0.05) is 6.07 Å².